The molecule has 0 saturated carbocycles. The molecule has 2 aromatic rings. The second kappa shape index (κ2) is 8.01. The standard InChI is InChI=1S/C19H26BIO2S2/c1-18(2)19(3,4)23-20(22-18)17-12-11-16(25-17)15-10-9-14(24-15)8-6-5-7-13-21/h9-12H,5-8,13H2,1-4H3. The summed E-state index contributed by atoms with van der Waals surface area (Å²) >= 11 is 6.18. The minimum Gasteiger partial charge on any atom is -0.399 e. The van der Waals surface area contributed by atoms with Crippen LogP contribution in [-0.4, -0.2) is 22.7 Å². The lowest BCUT2D eigenvalue weighted by atomic mass is 9.88. The van der Waals surface area contributed by atoms with Gasteiger partial charge in [0.05, 0.1) is 11.2 Å². The fraction of sp³-hybridized carbons (Fsp3) is 0.579. The first-order valence-electron chi connectivity index (χ1n) is 8.93. The van der Waals surface area contributed by atoms with E-state index in [1.165, 1.54) is 44.7 Å². The normalized spacial score (nSPS) is 18.8. The average Bonchev–Trinajstić information content (AvgIpc) is 3.22. The lowest BCUT2D eigenvalue weighted by molar-refractivity contribution is 0.00578. The fourth-order valence-electron chi connectivity index (χ4n) is 2.79. The lowest BCUT2D eigenvalue weighted by Crippen LogP contribution is -2.41. The Morgan fingerprint density at radius 3 is 2.20 bits per heavy atom. The molecule has 0 spiro atoms. The van der Waals surface area contributed by atoms with E-state index in [0.717, 1.165) is 4.78 Å². The number of hydrogen-bond donors (Lipinski definition) is 0. The van der Waals surface area contributed by atoms with E-state index in [1.54, 1.807) is 11.3 Å². The van der Waals surface area contributed by atoms with Gasteiger partial charge in [0.1, 0.15) is 0 Å². The first-order chi connectivity index (χ1) is 11.8. The van der Waals surface area contributed by atoms with Crippen LogP contribution in [0.25, 0.3) is 9.75 Å². The minimum absolute atomic E-state index is 0.253. The molecular formula is C19H26BIO2S2. The van der Waals surface area contributed by atoms with Gasteiger partial charge in [-0.25, -0.2) is 0 Å². The minimum atomic E-state index is -0.282. The molecule has 0 atom stereocenters. The molecule has 0 radical (unpaired) electrons. The van der Waals surface area contributed by atoms with Crippen molar-refractivity contribution in [1.29, 1.82) is 0 Å². The number of unbranched alkanes of at least 4 members (excludes halogenated alkanes) is 2. The smallest absolute Gasteiger partial charge is 0.399 e. The third-order valence-corrected chi connectivity index (χ3v) is 8.28. The molecule has 3 heterocycles. The van der Waals surface area contributed by atoms with E-state index >= 15 is 0 Å². The summed E-state index contributed by atoms with van der Waals surface area (Å²) in [5.41, 5.74) is -0.564. The van der Waals surface area contributed by atoms with E-state index in [9.17, 15) is 0 Å². The fourth-order valence-corrected chi connectivity index (χ4v) is 5.43. The van der Waals surface area contributed by atoms with Crippen molar-refractivity contribution in [3.05, 3.63) is 29.1 Å². The summed E-state index contributed by atoms with van der Waals surface area (Å²) < 4.78 is 14.8. The predicted octanol–water partition coefficient (Wildman–Crippen LogP) is 5.92. The first kappa shape index (κ1) is 19.9. The van der Waals surface area contributed by atoms with Crippen molar-refractivity contribution < 1.29 is 9.31 Å². The SMILES string of the molecule is CC1(C)OB(c2ccc(-c3ccc(CCCCCI)s3)s2)OC1(C)C. The molecule has 1 fully saturated rings. The number of alkyl halides is 1. The van der Waals surface area contributed by atoms with E-state index in [0.29, 0.717) is 0 Å². The van der Waals surface area contributed by atoms with Crippen LogP contribution in [0.3, 0.4) is 0 Å². The highest BCUT2D eigenvalue weighted by Crippen LogP contribution is 2.38. The molecule has 0 aromatic carbocycles. The van der Waals surface area contributed by atoms with Crippen molar-refractivity contribution in [2.24, 2.45) is 0 Å². The first-order valence-corrected chi connectivity index (χ1v) is 12.1. The van der Waals surface area contributed by atoms with Gasteiger partial charge in [-0.1, -0.05) is 35.1 Å². The maximum atomic E-state index is 6.17. The quantitative estimate of drug-likeness (QED) is 0.209. The molecule has 136 valence electrons. The summed E-state index contributed by atoms with van der Waals surface area (Å²) in [5.74, 6) is 0. The third kappa shape index (κ3) is 4.51. The number of halogens is 1. The van der Waals surface area contributed by atoms with Gasteiger partial charge in [-0.3, -0.25) is 0 Å². The molecule has 0 unspecified atom stereocenters. The van der Waals surface area contributed by atoms with Crippen LogP contribution < -0.4 is 4.78 Å². The molecule has 2 nitrogen and oxygen atoms in total. The molecule has 0 aliphatic carbocycles. The Balaban J connectivity index is 1.65. The van der Waals surface area contributed by atoms with Gasteiger partial charge in [-0.05, 0) is 69.6 Å². The predicted molar refractivity (Wildman–Crippen MR) is 120 cm³/mol. The van der Waals surface area contributed by atoms with Crippen molar-refractivity contribution in [2.75, 3.05) is 4.43 Å². The molecule has 3 rings (SSSR count). The molecule has 0 N–H and O–H groups in total. The highest BCUT2D eigenvalue weighted by Gasteiger charge is 2.52. The Morgan fingerprint density at radius 2 is 1.52 bits per heavy atom. The van der Waals surface area contributed by atoms with Gasteiger partial charge in [0, 0.05) is 19.4 Å². The van der Waals surface area contributed by atoms with Gasteiger partial charge in [-0.15, -0.1) is 22.7 Å². The van der Waals surface area contributed by atoms with E-state index in [-0.39, 0.29) is 18.3 Å². The molecule has 0 bridgehead atoms. The largest absolute Gasteiger partial charge is 0.505 e. The Labute approximate surface area is 173 Å². The highest BCUT2D eigenvalue weighted by atomic mass is 127. The van der Waals surface area contributed by atoms with Gasteiger partial charge in [0.15, 0.2) is 0 Å². The van der Waals surface area contributed by atoms with E-state index in [4.69, 9.17) is 9.31 Å². The van der Waals surface area contributed by atoms with Crippen LogP contribution >= 0.6 is 45.3 Å². The second-order valence-electron chi connectivity index (χ2n) is 7.56. The molecule has 2 aromatic heterocycles. The van der Waals surface area contributed by atoms with Crippen molar-refractivity contribution in [3.63, 3.8) is 0 Å². The summed E-state index contributed by atoms with van der Waals surface area (Å²) in [6.07, 6.45) is 5.17. The number of hydrogen-bond acceptors (Lipinski definition) is 4. The van der Waals surface area contributed by atoms with Gasteiger partial charge in [0.25, 0.3) is 0 Å². The van der Waals surface area contributed by atoms with Crippen LogP contribution in [-0.2, 0) is 15.7 Å². The molecule has 1 saturated heterocycles. The maximum Gasteiger partial charge on any atom is 0.505 e. The van der Waals surface area contributed by atoms with Crippen molar-refractivity contribution in [2.45, 2.75) is 64.6 Å². The molecular weight excluding hydrogens is 462 g/mol. The summed E-state index contributed by atoms with van der Waals surface area (Å²) in [4.78, 5) is 4.17. The lowest BCUT2D eigenvalue weighted by Gasteiger charge is -2.32. The zero-order chi connectivity index (χ0) is 18.1. The van der Waals surface area contributed by atoms with E-state index in [1.807, 2.05) is 11.3 Å². The number of thiophene rings is 2. The Hall–Kier alpha value is 0.115. The van der Waals surface area contributed by atoms with Crippen LogP contribution in [0.2, 0.25) is 0 Å². The monoisotopic (exact) mass is 488 g/mol. The summed E-state index contributed by atoms with van der Waals surface area (Å²) in [6.45, 7) is 8.41. The molecule has 0 amide bonds. The van der Waals surface area contributed by atoms with E-state index in [2.05, 4.69) is 74.6 Å². The third-order valence-electron chi connectivity index (χ3n) is 5.07. The van der Waals surface area contributed by atoms with Gasteiger partial charge in [0.2, 0.25) is 0 Å². The van der Waals surface area contributed by atoms with Crippen molar-refractivity contribution in [1.82, 2.24) is 0 Å². The van der Waals surface area contributed by atoms with Crippen LogP contribution in [0.1, 0.15) is 51.8 Å². The maximum absolute atomic E-state index is 6.17. The Morgan fingerprint density at radius 1 is 0.880 bits per heavy atom. The average molecular weight is 488 g/mol. The van der Waals surface area contributed by atoms with Gasteiger partial charge in [-0.2, -0.15) is 0 Å². The molecule has 25 heavy (non-hydrogen) atoms. The summed E-state index contributed by atoms with van der Waals surface area (Å²) in [5, 5.41) is 0. The summed E-state index contributed by atoms with van der Waals surface area (Å²) in [6, 6.07) is 8.91. The van der Waals surface area contributed by atoms with Crippen molar-refractivity contribution >= 4 is 57.2 Å². The van der Waals surface area contributed by atoms with Crippen LogP contribution in [0.15, 0.2) is 24.3 Å². The Kier molecular flexibility index (Phi) is 6.36. The zero-order valence-corrected chi connectivity index (χ0v) is 19.2. The molecule has 1 aliphatic rings. The van der Waals surface area contributed by atoms with Crippen LogP contribution in [0.5, 0.6) is 0 Å². The number of aryl methyl sites for hydroxylation is 1. The zero-order valence-electron chi connectivity index (χ0n) is 15.4. The van der Waals surface area contributed by atoms with E-state index < -0.39 is 0 Å². The van der Waals surface area contributed by atoms with Crippen LogP contribution in [0.4, 0.5) is 0 Å². The molecule has 1 aliphatic heterocycles. The van der Waals surface area contributed by atoms with Crippen LogP contribution in [0, 0.1) is 0 Å². The number of rotatable bonds is 7. The molecule has 6 heteroatoms. The van der Waals surface area contributed by atoms with Crippen molar-refractivity contribution in [3.8, 4) is 9.75 Å². The Bertz CT molecular complexity index is 692. The summed E-state index contributed by atoms with van der Waals surface area (Å²) in [7, 11) is -0.253. The highest BCUT2D eigenvalue weighted by molar-refractivity contribution is 14.1. The second-order valence-corrected chi connectivity index (χ2v) is 10.9. The van der Waals surface area contributed by atoms with Gasteiger partial charge < -0.3 is 9.31 Å². The van der Waals surface area contributed by atoms with Gasteiger partial charge >= 0.3 is 7.12 Å². The topological polar surface area (TPSA) is 18.5 Å².